The molecule has 3 nitrogen and oxygen atoms in total. The fourth-order valence-electron chi connectivity index (χ4n) is 3.62. The third kappa shape index (κ3) is 3.75. The van der Waals surface area contributed by atoms with Crippen LogP contribution in [-0.4, -0.2) is 18.6 Å². The van der Waals surface area contributed by atoms with Gasteiger partial charge in [0.2, 0.25) is 0 Å². The molecule has 0 spiro atoms. The van der Waals surface area contributed by atoms with Gasteiger partial charge in [-0.2, -0.15) is 0 Å². The molecule has 1 N–H and O–H groups in total. The van der Waals surface area contributed by atoms with Gasteiger partial charge in [-0.1, -0.05) is 103 Å². The first-order valence-electron chi connectivity index (χ1n) is 9.57. The molecule has 1 aliphatic heterocycles. The van der Waals surface area contributed by atoms with Crippen LogP contribution in [0.15, 0.2) is 97.1 Å². The summed E-state index contributed by atoms with van der Waals surface area (Å²) < 4.78 is 6.13. The molecule has 0 unspecified atom stereocenters. The number of rotatable bonds is 5. The summed E-state index contributed by atoms with van der Waals surface area (Å²) in [6, 6.07) is 29.6. The van der Waals surface area contributed by atoms with E-state index in [1.165, 1.54) is 0 Å². The van der Waals surface area contributed by atoms with Crippen LogP contribution in [0, 0.1) is 0 Å². The highest BCUT2D eigenvalue weighted by atomic mass is 16.6. The van der Waals surface area contributed by atoms with Crippen molar-refractivity contribution in [2.24, 2.45) is 0 Å². The molecule has 0 radical (unpaired) electrons. The minimum Gasteiger partial charge on any atom is -0.447 e. The van der Waals surface area contributed by atoms with E-state index in [-0.39, 0.29) is 12.0 Å². The Kier molecular flexibility index (Phi) is 5.36. The Hall–Kier alpha value is -3.17. The molecule has 1 saturated heterocycles. The van der Waals surface area contributed by atoms with Gasteiger partial charge in [0.25, 0.3) is 0 Å². The predicted octanol–water partition coefficient (Wildman–Crippen LogP) is 4.55. The molecule has 0 aromatic heterocycles. The number of morpholine rings is 1. The largest absolute Gasteiger partial charge is 0.447 e. The maximum atomic E-state index is 12.9. The number of ether oxygens (including phenoxy) is 1. The molecule has 4 rings (SSSR count). The van der Waals surface area contributed by atoms with E-state index in [2.05, 4.69) is 5.32 Å². The zero-order chi connectivity index (χ0) is 19.2. The van der Waals surface area contributed by atoms with Gasteiger partial charge in [0.1, 0.15) is 6.04 Å². The lowest BCUT2D eigenvalue weighted by molar-refractivity contribution is -0.165. The van der Waals surface area contributed by atoms with E-state index in [1.807, 2.05) is 103 Å². The van der Waals surface area contributed by atoms with Crippen LogP contribution >= 0.6 is 0 Å². The number of benzene rings is 3. The summed E-state index contributed by atoms with van der Waals surface area (Å²) in [6.07, 6.45) is 4.64. The fraction of sp³-hybridized carbons (Fsp3) is 0.160. The van der Waals surface area contributed by atoms with Crippen LogP contribution in [0.3, 0.4) is 0 Å². The minimum absolute atomic E-state index is 0.225. The molecule has 0 saturated carbocycles. The molecule has 3 aromatic carbocycles. The lowest BCUT2D eigenvalue weighted by Crippen LogP contribution is -2.56. The van der Waals surface area contributed by atoms with Gasteiger partial charge in [-0.15, -0.1) is 0 Å². The zero-order valence-electron chi connectivity index (χ0n) is 15.6. The van der Waals surface area contributed by atoms with Crippen molar-refractivity contribution in [2.75, 3.05) is 6.54 Å². The molecule has 1 atom stereocenters. The van der Waals surface area contributed by atoms with Crippen molar-refractivity contribution in [1.29, 1.82) is 0 Å². The van der Waals surface area contributed by atoms with Gasteiger partial charge in [0.05, 0.1) is 0 Å². The highest BCUT2D eigenvalue weighted by Crippen LogP contribution is 2.36. The number of esters is 1. The van der Waals surface area contributed by atoms with Gasteiger partial charge >= 0.3 is 5.97 Å². The lowest BCUT2D eigenvalue weighted by atomic mass is 9.84. The maximum Gasteiger partial charge on any atom is 0.324 e. The lowest BCUT2D eigenvalue weighted by Gasteiger charge is -2.40. The topological polar surface area (TPSA) is 38.3 Å². The summed E-state index contributed by atoms with van der Waals surface area (Å²) in [5, 5.41) is 3.42. The first-order valence-corrected chi connectivity index (χ1v) is 9.57. The Morgan fingerprint density at radius 2 is 1.39 bits per heavy atom. The highest BCUT2D eigenvalue weighted by Gasteiger charge is 2.44. The minimum atomic E-state index is -0.806. The number of carbonyl (C=O) groups excluding carboxylic acids is 1. The van der Waals surface area contributed by atoms with Crippen molar-refractivity contribution in [3.8, 4) is 0 Å². The van der Waals surface area contributed by atoms with Crippen LogP contribution in [0.1, 0.15) is 23.1 Å². The van der Waals surface area contributed by atoms with Crippen LogP contribution in [0.5, 0.6) is 0 Å². The normalized spacial score (nSPS) is 18.7. The summed E-state index contributed by atoms with van der Waals surface area (Å²) in [5.41, 5.74) is 2.26. The molecule has 1 fully saturated rings. The zero-order valence-corrected chi connectivity index (χ0v) is 15.6. The van der Waals surface area contributed by atoms with Crippen molar-refractivity contribution < 1.29 is 9.53 Å². The van der Waals surface area contributed by atoms with Crippen molar-refractivity contribution in [3.63, 3.8) is 0 Å². The second-order valence-corrected chi connectivity index (χ2v) is 6.96. The van der Waals surface area contributed by atoms with E-state index < -0.39 is 5.60 Å². The molecule has 0 amide bonds. The summed E-state index contributed by atoms with van der Waals surface area (Å²) in [4.78, 5) is 12.9. The molecule has 0 aliphatic carbocycles. The van der Waals surface area contributed by atoms with Crippen molar-refractivity contribution in [2.45, 2.75) is 18.1 Å². The average Bonchev–Trinajstić information content (AvgIpc) is 2.77. The third-order valence-electron chi connectivity index (χ3n) is 5.12. The van der Waals surface area contributed by atoms with E-state index >= 15 is 0 Å². The fourth-order valence-corrected chi connectivity index (χ4v) is 3.62. The Balaban J connectivity index is 1.54. The molecule has 28 heavy (non-hydrogen) atoms. The Morgan fingerprint density at radius 1 is 0.857 bits per heavy atom. The summed E-state index contributed by atoms with van der Waals surface area (Å²) >= 11 is 0. The van der Waals surface area contributed by atoms with Crippen LogP contribution in [-0.2, 0) is 15.1 Å². The second-order valence-electron chi connectivity index (χ2n) is 6.96. The predicted molar refractivity (Wildman–Crippen MR) is 112 cm³/mol. The van der Waals surface area contributed by atoms with Gasteiger partial charge in [0.15, 0.2) is 5.60 Å². The number of carbonyl (C=O) groups is 1. The van der Waals surface area contributed by atoms with Gasteiger partial charge < -0.3 is 4.74 Å². The summed E-state index contributed by atoms with van der Waals surface area (Å²) in [6.45, 7) is 0.538. The summed E-state index contributed by atoms with van der Waals surface area (Å²) in [7, 11) is 0. The number of hydrogen-bond donors (Lipinski definition) is 1. The summed E-state index contributed by atoms with van der Waals surface area (Å²) in [5.74, 6) is -0.225. The molecular weight excluding hydrogens is 346 g/mol. The molecule has 140 valence electrons. The van der Waals surface area contributed by atoms with Gasteiger partial charge in [0, 0.05) is 17.7 Å². The van der Waals surface area contributed by atoms with Crippen LogP contribution in [0.2, 0.25) is 0 Å². The van der Waals surface area contributed by atoms with Gasteiger partial charge in [-0.05, 0) is 12.0 Å². The van der Waals surface area contributed by atoms with E-state index in [9.17, 15) is 4.79 Å². The molecular formula is C25H23NO2. The van der Waals surface area contributed by atoms with Crippen molar-refractivity contribution in [1.82, 2.24) is 5.32 Å². The molecule has 0 bridgehead atoms. The Bertz CT molecular complexity index is 897. The van der Waals surface area contributed by atoms with Crippen LogP contribution in [0.25, 0.3) is 6.08 Å². The van der Waals surface area contributed by atoms with Gasteiger partial charge in [-0.25, -0.2) is 0 Å². The first kappa shape index (κ1) is 18.2. The molecule has 3 heteroatoms. The Morgan fingerprint density at radius 3 is 1.93 bits per heavy atom. The standard InChI is InChI=1S/C25H23NO2/c27-24-23(18-10-13-20-11-4-1-5-12-20)26-19-25(28-24,21-14-6-2-7-15-21)22-16-8-3-9-17-22/h1-17,23,26H,18-19H2/t23-/m1/s1. The third-order valence-corrected chi connectivity index (χ3v) is 5.12. The average molecular weight is 369 g/mol. The van der Waals surface area contributed by atoms with E-state index in [0.29, 0.717) is 13.0 Å². The van der Waals surface area contributed by atoms with Crippen molar-refractivity contribution >= 4 is 12.0 Å². The van der Waals surface area contributed by atoms with Crippen molar-refractivity contribution in [3.05, 3.63) is 114 Å². The monoisotopic (exact) mass is 369 g/mol. The highest BCUT2D eigenvalue weighted by molar-refractivity contribution is 5.78. The molecule has 1 heterocycles. The Labute approximate surface area is 165 Å². The first-order chi connectivity index (χ1) is 13.8. The molecule has 3 aromatic rings. The smallest absolute Gasteiger partial charge is 0.324 e. The SMILES string of the molecule is O=C1OC(c2ccccc2)(c2ccccc2)CN[C@@H]1CC=Cc1ccccc1. The van der Waals surface area contributed by atoms with Crippen LogP contribution in [0.4, 0.5) is 0 Å². The molecule has 1 aliphatic rings. The second kappa shape index (κ2) is 8.24. The van der Waals surface area contributed by atoms with Gasteiger partial charge in [-0.3, -0.25) is 10.1 Å². The number of hydrogen-bond acceptors (Lipinski definition) is 3. The van der Waals surface area contributed by atoms with E-state index in [1.54, 1.807) is 0 Å². The number of cyclic esters (lactones) is 1. The van der Waals surface area contributed by atoms with Crippen LogP contribution < -0.4 is 5.32 Å². The number of nitrogens with one attached hydrogen (secondary N) is 1. The quantitative estimate of drug-likeness (QED) is 0.671. The maximum absolute atomic E-state index is 12.9. The van der Waals surface area contributed by atoms with E-state index in [4.69, 9.17) is 4.74 Å². The van der Waals surface area contributed by atoms with E-state index in [0.717, 1.165) is 16.7 Å².